The van der Waals surface area contributed by atoms with Crippen LogP contribution < -0.4 is 0 Å². The second kappa shape index (κ2) is 10.0. The molecule has 0 aromatic carbocycles. The number of nitrogens with zero attached hydrogens (tertiary/aromatic N) is 1. The van der Waals surface area contributed by atoms with Crippen LogP contribution in [0.5, 0.6) is 0 Å². The van der Waals surface area contributed by atoms with Gasteiger partial charge in [0, 0.05) is 5.75 Å². The van der Waals surface area contributed by atoms with Crippen molar-refractivity contribution in [1.82, 2.24) is 0 Å². The van der Waals surface area contributed by atoms with Gasteiger partial charge in [0.1, 0.15) is 6.26 Å². The number of hydrogen-bond acceptors (Lipinski definition) is 6. The molecule has 104 valence electrons. The number of aliphatic hydroxyl groups is 1. The SMILES string of the molecule is [C-]#[N+]/C(=C\C(=C\O)OC(=O)CCSC)C(=O)OCC. The summed E-state index contributed by atoms with van der Waals surface area (Å²) in [5.74, 6) is -1.09. The quantitative estimate of drug-likeness (QED) is 0.254. The van der Waals surface area contributed by atoms with Crippen LogP contribution in [0.4, 0.5) is 0 Å². The van der Waals surface area contributed by atoms with Gasteiger partial charge in [-0.3, -0.25) is 9.59 Å². The van der Waals surface area contributed by atoms with Crippen molar-refractivity contribution in [3.63, 3.8) is 0 Å². The maximum atomic E-state index is 11.3. The predicted octanol–water partition coefficient (Wildman–Crippen LogP) is 2.05. The van der Waals surface area contributed by atoms with E-state index in [0.717, 1.165) is 6.08 Å². The van der Waals surface area contributed by atoms with Crippen LogP contribution in [0.1, 0.15) is 13.3 Å². The second-order valence-corrected chi connectivity index (χ2v) is 4.10. The smallest absolute Gasteiger partial charge is 0.336 e. The van der Waals surface area contributed by atoms with E-state index in [1.807, 2.05) is 6.26 Å². The Kier molecular flexibility index (Phi) is 9.00. The minimum atomic E-state index is -0.836. The van der Waals surface area contributed by atoms with Gasteiger partial charge < -0.3 is 14.6 Å². The van der Waals surface area contributed by atoms with Crippen LogP contribution in [-0.4, -0.2) is 35.7 Å². The Morgan fingerprint density at radius 1 is 1.47 bits per heavy atom. The minimum Gasteiger partial charge on any atom is -0.512 e. The van der Waals surface area contributed by atoms with E-state index in [2.05, 4.69) is 9.58 Å². The Morgan fingerprint density at radius 3 is 2.63 bits per heavy atom. The minimum absolute atomic E-state index is 0.122. The standard InChI is InChI=1S/C12H15NO5S/c1-4-17-12(16)10(13-2)7-9(8-14)18-11(15)5-6-19-3/h7-8,14H,4-6H2,1,3H3/b9-8-,10-7-. The fourth-order valence-corrected chi connectivity index (χ4v) is 1.31. The fraction of sp³-hybridized carbons (Fsp3) is 0.417. The number of ether oxygens (including phenoxy) is 2. The highest BCUT2D eigenvalue weighted by Crippen LogP contribution is 2.09. The molecule has 0 aliphatic carbocycles. The van der Waals surface area contributed by atoms with E-state index in [9.17, 15) is 9.59 Å². The van der Waals surface area contributed by atoms with Gasteiger partial charge in [-0.2, -0.15) is 11.8 Å². The highest BCUT2D eigenvalue weighted by Gasteiger charge is 2.13. The average molecular weight is 285 g/mol. The molecule has 0 rings (SSSR count). The normalized spacial score (nSPS) is 11.6. The molecule has 6 nitrogen and oxygen atoms in total. The van der Waals surface area contributed by atoms with Crippen LogP contribution in [0.15, 0.2) is 23.8 Å². The summed E-state index contributed by atoms with van der Waals surface area (Å²) in [4.78, 5) is 25.6. The molecule has 0 aromatic heterocycles. The summed E-state index contributed by atoms with van der Waals surface area (Å²) >= 11 is 1.47. The number of carbonyl (C=O) groups excluding carboxylic acids is 2. The van der Waals surface area contributed by atoms with Gasteiger partial charge in [0.05, 0.1) is 19.6 Å². The summed E-state index contributed by atoms with van der Waals surface area (Å²) in [5.41, 5.74) is -0.375. The number of esters is 2. The molecule has 0 spiro atoms. The third-order valence-corrected chi connectivity index (χ3v) is 2.37. The molecule has 0 amide bonds. The van der Waals surface area contributed by atoms with Gasteiger partial charge in [-0.15, -0.1) is 0 Å². The van der Waals surface area contributed by atoms with E-state index >= 15 is 0 Å². The summed E-state index contributed by atoms with van der Waals surface area (Å²) in [7, 11) is 0. The fourth-order valence-electron chi connectivity index (χ4n) is 0.938. The van der Waals surface area contributed by atoms with Gasteiger partial charge in [0.15, 0.2) is 5.76 Å². The summed E-state index contributed by atoms with van der Waals surface area (Å²) in [5, 5.41) is 8.91. The van der Waals surface area contributed by atoms with Crippen LogP contribution in [0, 0.1) is 6.57 Å². The van der Waals surface area contributed by atoms with E-state index in [4.69, 9.17) is 16.4 Å². The zero-order valence-electron chi connectivity index (χ0n) is 10.7. The molecule has 0 aliphatic rings. The van der Waals surface area contributed by atoms with E-state index < -0.39 is 11.9 Å². The van der Waals surface area contributed by atoms with E-state index in [1.54, 1.807) is 6.92 Å². The van der Waals surface area contributed by atoms with Crippen LogP contribution in [-0.2, 0) is 19.1 Å². The number of hydrogen-bond donors (Lipinski definition) is 1. The molecule has 0 aromatic rings. The summed E-state index contributed by atoms with van der Waals surface area (Å²) in [6.07, 6.45) is 3.48. The van der Waals surface area contributed by atoms with Crippen molar-refractivity contribution >= 4 is 23.7 Å². The molecule has 0 radical (unpaired) electrons. The third kappa shape index (κ3) is 7.16. The topological polar surface area (TPSA) is 77.2 Å². The van der Waals surface area contributed by atoms with Crippen LogP contribution in [0.2, 0.25) is 0 Å². The Bertz CT molecular complexity index is 422. The highest BCUT2D eigenvalue weighted by molar-refractivity contribution is 7.98. The largest absolute Gasteiger partial charge is 0.512 e. The molecule has 0 saturated heterocycles. The molecule has 19 heavy (non-hydrogen) atoms. The lowest BCUT2D eigenvalue weighted by Crippen LogP contribution is -2.08. The molecule has 0 aliphatic heterocycles. The molecule has 0 bridgehead atoms. The molecule has 0 atom stereocenters. The maximum Gasteiger partial charge on any atom is 0.336 e. The number of carbonyl (C=O) groups is 2. The zero-order chi connectivity index (χ0) is 14.7. The molecule has 0 heterocycles. The van der Waals surface area contributed by atoms with Crippen molar-refractivity contribution in [3.05, 3.63) is 35.2 Å². The molecule has 0 saturated carbocycles. The number of thioether (sulfide) groups is 1. The zero-order valence-corrected chi connectivity index (χ0v) is 11.5. The molecule has 0 fully saturated rings. The summed E-state index contributed by atoms with van der Waals surface area (Å²) < 4.78 is 9.43. The molecule has 0 unspecified atom stereocenters. The predicted molar refractivity (Wildman–Crippen MR) is 71.1 cm³/mol. The van der Waals surface area contributed by atoms with Crippen molar-refractivity contribution in [2.75, 3.05) is 18.6 Å². The van der Waals surface area contributed by atoms with Crippen molar-refractivity contribution in [2.45, 2.75) is 13.3 Å². The Balaban J connectivity index is 4.74. The third-order valence-electron chi connectivity index (χ3n) is 1.75. The summed E-state index contributed by atoms with van der Waals surface area (Å²) in [6, 6.07) is 0. The van der Waals surface area contributed by atoms with Crippen molar-refractivity contribution in [3.8, 4) is 0 Å². The Hall–Kier alpha value is -1.94. The van der Waals surface area contributed by atoms with Crippen molar-refractivity contribution in [2.24, 2.45) is 0 Å². The lowest BCUT2D eigenvalue weighted by atomic mass is 10.3. The van der Waals surface area contributed by atoms with Gasteiger partial charge in [0.25, 0.3) is 5.70 Å². The Morgan fingerprint density at radius 2 is 2.16 bits per heavy atom. The van der Waals surface area contributed by atoms with E-state index in [0.29, 0.717) is 12.0 Å². The first-order chi connectivity index (χ1) is 9.08. The Labute approximate surface area is 115 Å². The lowest BCUT2D eigenvalue weighted by Gasteiger charge is -2.04. The van der Waals surface area contributed by atoms with Crippen molar-refractivity contribution in [1.29, 1.82) is 0 Å². The molecule has 1 N–H and O–H groups in total. The van der Waals surface area contributed by atoms with Gasteiger partial charge in [-0.25, -0.2) is 4.85 Å². The first kappa shape index (κ1) is 17.1. The first-order valence-corrected chi connectivity index (χ1v) is 6.78. The van der Waals surface area contributed by atoms with Crippen LogP contribution in [0.3, 0.4) is 0 Å². The van der Waals surface area contributed by atoms with Crippen molar-refractivity contribution < 1.29 is 24.2 Å². The van der Waals surface area contributed by atoms with Gasteiger partial charge in [-0.05, 0) is 19.3 Å². The number of aliphatic hydroxyl groups excluding tert-OH is 1. The van der Waals surface area contributed by atoms with Gasteiger partial charge in [0.2, 0.25) is 0 Å². The molecule has 7 heteroatoms. The van der Waals surface area contributed by atoms with E-state index in [-0.39, 0.29) is 24.5 Å². The lowest BCUT2D eigenvalue weighted by molar-refractivity contribution is -0.140. The maximum absolute atomic E-state index is 11.3. The summed E-state index contributed by atoms with van der Waals surface area (Å²) in [6.45, 7) is 8.56. The van der Waals surface area contributed by atoms with Crippen LogP contribution in [0.25, 0.3) is 4.85 Å². The number of rotatable bonds is 7. The monoisotopic (exact) mass is 285 g/mol. The molecular formula is C12H15NO5S. The van der Waals surface area contributed by atoms with Gasteiger partial charge in [-0.1, -0.05) is 0 Å². The van der Waals surface area contributed by atoms with Crippen LogP contribution >= 0.6 is 11.8 Å². The first-order valence-electron chi connectivity index (χ1n) is 5.39. The second-order valence-electron chi connectivity index (χ2n) is 3.11. The van der Waals surface area contributed by atoms with E-state index in [1.165, 1.54) is 11.8 Å². The number of allylic oxidation sites excluding steroid dienone is 1. The average Bonchev–Trinajstić information content (AvgIpc) is 2.41. The highest BCUT2D eigenvalue weighted by atomic mass is 32.2. The van der Waals surface area contributed by atoms with Gasteiger partial charge >= 0.3 is 11.9 Å². The molecular weight excluding hydrogens is 270 g/mol.